The van der Waals surface area contributed by atoms with Crippen molar-refractivity contribution in [2.45, 2.75) is 19.9 Å². The number of nitrogens with one attached hydrogen (secondary N) is 1. The number of hydrogen-bond donors (Lipinski definition) is 1. The highest BCUT2D eigenvalue weighted by atomic mass is 19.1. The monoisotopic (exact) mass is 244 g/mol. The van der Waals surface area contributed by atoms with Crippen LogP contribution in [0.5, 0.6) is 0 Å². The smallest absolute Gasteiger partial charge is 0.132 e. The molecule has 1 N–H and O–H groups in total. The molecule has 1 aromatic heterocycles. The molecule has 0 aliphatic heterocycles. The van der Waals surface area contributed by atoms with Gasteiger partial charge in [-0.25, -0.2) is 4.39 Å². The first kappa shape index (κ1) is 12.7. The van der Waals surface area contributed by atoms with Crippen molar-refractivity contribution in [3.05, 3.63) is 54.0 Å². The Labute approximate surface area is 107 Å². The molecule has 0 saturated carbocycles. The number of hydrogen-bond acceptors (Lipinski definition) is 2. The maximum absolute atomic E-state index is 14.0. The summed E-state index contributed by atoms with van der Waals surface area (Å²) in [6.07, 6.45) is 2.75. The second kappa shape index (κ2) is 6.26. The number of aromatic nitrogens is 1. The number of pyridine rings is 1. The average Bonchev–Trinajstić information content (AvgIpc) is 2.40. The molecule has 0 aliphatic carbocycles. The minimum Gasteiger partial charge on any atom is -0.313 e. The van der Waals surface area contributed by atoms with Crippen LogP contribution < -0.4 is 5.32 Å². The van der Waals surface area contributed by atoms with E-state index in [0.29, 0.717) is 17.8 Å². The van der Waals surface area contributed by atoms with E-state index in [-0.39, 0.29) is 5.82 Å². The third-order valence-electron chi connectivity index (χ3n) is 2.73. The van der Waals surface area contributed by atoms with Crippen LogP contribution in [0.25, 0.3) is 11.3 Å². The van der Waals surface area contributed by atoms with E-state index >= 15 is 0 Å². The predicted octanol–water partition coefficient (Wildman–Crippen LogP) is 3.39. The summed E-state index contributed by atoms with van der Waals surface area (Å²) in [6.45, 7) is 3.76. The molecule has 2 aromatic rings. The summed E-state index contributed by atoms with van der Waals surface area (Å²) in [5, 5.41) is 3.26. The van der Waals surface area contributed by atoms with Gasteiger partial charge >= 0.3 is 0 Å². The van der Waals surface area contributed by atoms with Crippen LogP contribution in [0.1, 0.15) is 18.9 Å². The molecule has 0 aliphatic rings. The lowest BCUT2D eigenvalue weighted by Gasteiger charge is -2.06. The summed E-state index contributed by atoms with van der Waals surface area (Å²) in [5.41, 5.74) is 2.18. The van der Waals surface area contributed by atoms with Crippen LogP contribution in [0.2, 0.25) is 0 Å². The molecule has 0 atom stereocenters. The lowest BCUT2D eigenvalue weighted by molar-refractivity contribution is 0.622. The van der Waals surface area contributed by atoms with Crippen molar-refractivity contribution >= 4 is 0 Å². The Hall–Kier alpha value is -1.74. The summed E-state index contributed by atoms with van der Waals surface area (Å²) in [5.74, 6) is -0.218. The highest BCUT2D eigenvalue weighted by Gasteiger charge is 2.06. The van der Waals surface area contributed by atoms with E-state index in [1.54, 1.807) is 18.3 Å². The maximum Gasteiger partial charge on any atom is 0.132 e. The fourth-order valence-electron chi connectivity index (χ4n) is 1.81. The summed E-state index contributed by atoms with van der Waals surface area (Å²) >= 11 is 0. The molecule has 0 unspecified atom stereocenters. The highest BCUT2D eigenvalue weighted by molar-refractivity contribution is 5.60. The molecule has 2 nitrogen and oxygen atoms in total. The SMILES string of the molecule is CCCNCc1ccc(-c2ccccn2)c(F)c1. The minimum absolute atomic E-state index is 0.218. The fourth-order valence-corrected chi connectivity index (χ4v) is 1.81. The molecule has 3 heteroatoms. The van der Waals surface area contributed by atoms with E-state index in [9.17, 15) is 4.39 Å². The number of benzene rings is 1. The molecule has 18 heavy (non-hydrogen) atoms. The van der Waals surface area contributed by atoms with Crippen LogP contribution in [-0.2, 0) is 6.54 Å². The number of nitrogens with zero attached hydrogens (tertiary/aromatic N) is 1. The topological polar surface area (TPSA) is 24.9 Å². The molecule has 94 valence electrons. The summed E-state index contributed by atoms with van der Waals surface area (Å²) in [6, 6.07) is 10.8. The van der Waals surface area contributed by atoms with Crippen molar-refractivity contribution in [3.8, 4) is 11.3 Å². The zero-order valence-corrected chi connectivity index (χ0v) is 10.5. The average molecular weight is 244 g/mol. The van der Waals surface area contributed by atoms with Crippen molar-refractivity contribution in [2.75, 3.05) is 6.54 Å². The standard InChI is InChI=1S/C15H17FN2/c1-2-8-17-11-12-6-7-13(14(16)10-12)15-5-3-4-9-18-15/h3-7,9-10,17H,2,8,11H2,1H3. The van der Waals surface area contributed by atoms with Gasteiger partial charge in [0.05, 0.1) is 5.69 Å². The van der Waals surface area contributed by atoms with Crippen molar-refractivity contribution in [3.63, 3.8) is 0 Å². The second-order valence-corrected chi connectivity index (χ2v) is 4.21. The van der Waals surface area contributed by atoms with E-state index in [1.165, 1.54) is 0 Å². The predicted molar refractivity (Wildman–Crippen MR) is 71.6 cm³/mol. The lowest BCUT2D eigenvalue weighted by atomic mass is 10.1. The molecular weight excluding hydrogens is 227 g/mol. The number of halogens is 1. The van der Waals surface area contributed by atoms with Crippen molar-refractivity contribution < 1.29 is 4.39 Å². The van der Waals surface area contributed by atoms with Gasteiger partial charge in [-0.1, -0.05) is 19.1 Å². The van der Waals surface area contributed by atoms with E-state index in [0.717, 1.165) is 18.5 Å². The first-order valence-electron chi connectivity index (χ1n) is 6.22. The molecule has 0 radical (unpaired) electrons. The molecule has 0 saturated heterocycles. The van der Waals surface area contributed by atoms with Gasteiger partial charge in [0.2, 0.25) is 0 Å². The van der Waals surface area contributed by atoms with Gasteiger partial charge < -0.3 is 5.32 Å². The van der Waals surface area contributed by atoms with Gasteiger partial charge in [-0.3, -0.25) is 4.98 Å². The normalized spacial score (nSPS) is 10.6. The third kappa shape index (κ3) is 3.14. The Morgan fingerprint density at radius 3 is 2.78 bits per heavy atom. The van der Waals surface area contributed by atoms with Crippen molar-refractivity contribution in [2.24, 2.45) is 0 Å². The Kier molecular flexibility index (Phi) is 4.42. The Morgan fingerprint density at radius 2 is 2.11 bits per heavy atom. The van der Waals surface area contributed by atoms with Crippen LogP contribution >= 0.6 is 0 Å². The molecule has 0 bridgehead atoms. The van der Waals surface area contributed by atoms with E-state index in [2.05, 4.69) is 17.2 Å². The molecule has 0 amide bonds. The van der Waals surface area contributed by atoms with Crippen LogP contribution in [-0.4, -0.2) is 11.5 Å². The van der Waals surface area contributed by atoms with Gasteiger partial charge in [-0.15, -0.1) is 0 Å². The van der Waals surface area contributed by atoms with E-state index < -0.39 is 0 Å². The van der Waals surface area contributed by atoms with E-state index in [4.69, 9.17) is 0 Å². The van der Waals surface area contributed by atoms with Gasteiger partial charge in [0, 0.05) is 18.3 Å². The summed E-state index contributed by atoms with van der Waals surface area (Å²) in [7, 11) is 0. The van der Waals surface area contributed by atoms with Gasteiger partial charge in [0.25, 0.3) is 0 Å². The largest absolute Gasteiger partial charge is 0.313 e. The first-order chi connectivity index (χ1) is 8.81. The maximum atomic E-state index is 14.0. The summed E-state index contributed by atoms with van der Waals surface area (Å²) in [4.78, 5) is 4.16. The lowest BCUT2D eigenvalue weighted by Crippen LogP contribution is -2.13. The van der Waals surface area contributed by atoms with Crippen molar-refractivity contribution in [1.29, 1.82) is 0 Å². The molecule has 1 aromatic carbocycles. The van der Waals surface area contributed by atoms with Crippen LogP contribution in [0.3, 0.4) is 0 Å². The molecule has 2 rings (SSSR count). The Morgan fingerprint density at radius 1 is 1.22 bits per heavy atom. The highest BCUT2D eigenvalue weighted by Crippen LogP contribution is 2.21. The summed E-state index contributed by atoms with van der Waals surface area (Å²) < 4.78 is 14.0. The van der Waals surface area contributed by atoms with Crippen LogP contribution in [0, 0.1) is 5.82 Å². The van der Waals surface area contributed by atoms with Gasteiger partial charge in [-0.05, 0) is 42.8 Å². The quantitative estimate of drug-likeness (QED) is 0.815. The molecule has 0 spiro atoms. The second-order valence-electron chi connectivity index (χ2n) is 4.21. The fraction of sp³-hybridized carbons (Fsp3) is 0.267. The van der Waals surface area contributed by atoms with Gasteiger partial charge in [-0.2, -0.15) is 0 Å². The molecular formula is C15H17FN2. The van der Waals surface area contributed by atoms with E-state index in [1.807, 2.05) is 24.3 Å². The third-order valence-corrected chi connectivity index (χ3v) is 2.73. The van der Waals surface area contributed by atoms with Gasteiger partial charge in [0.1, 0.15) is 5.82 Å². The first-order valence-corrected chi connectivity index (χ1v) is 6.22. The molecule has 1 heterocycles. The van der Waals surface area contributed by atoms with Gasteiger partial charge in [0.15, 0.2) is 0 Å². The number of rotatable bonds is 5. The zero-order valence-electron chi connectivity index (χ0n) is 10.5. The zero-order chi connectivity index (χ0) is 12.8. The minimum atomic E-state index is -0.218. The van der Waals surface area contributed by atoms with Crippen LogP contribution in [0.4, 0.5) is 4.39 Å². The van der Waals surface area contributed by atoms with Crippen molar-refractivity contribution in [1.82, 2.24) is 10.3 Å². The Balaban J connectivity index is 2.15. The van der Waals surface area contributed by atoms with Crippen LogP contribution in [0.15, 0.2) is 42.6 Å². The Bertz CT molecular complexity index is 497. The molecule has 0 fully saturated rings.